The summed E-state index contributed by atoms with van der Waals surface area (Å²) in [5.74, 6) is 0.634. The molecule has 0 radical (unpaired) electrons. The van der Waals surface area contributed by atoms with Crippen LogP contribution < -0.4 is 5.32 Å². The molecule has 0 spiro atoms. The molecule has 3 unspecified atom stereocenters. The van der Waals surface area contributed by atoms with E-state index in [4.69, 9.17) is 4.74 Å². The van der Waals surface area contributed by atoms with Crippen molar-refractivity contribution in [2.45, 2.75) is 65.5 Å². The maximum absolute atomic E-state index is 6.09. The smallest absolute Gasteiger partial charge is 0.0796 e. The van der Waals surface area contributed by atoms with Gasteiger partial charge in [-0.1, -0.05) is 45.9 Å². The van der Waals surface area contributed by atoms with Crippen molar-refractivity contribution in [2.75, 3.05) is 13.2 Å². The molecule has 1 aliphatic rings. The maximum atomic E-state index is 6.09. The van der Waals surface area contributed by atoms with Crippen molar-refractivity contribution < 1.29 is 4.74 Å². The molecule has 2 rings (SSSR count). The molecule has 3 atom stereocenters. The van der Waals surface area contributed by atoms with Crippen LogP contribution in [-0.2, 0) is 17.6 Å². The minimum absolute atomic E-state index is 0.314. The van der Waals surface area contributed by atoms with Crippen molar-refractivity contribution in [1.29, 1.82) is 0 Å². The average Bonchev–Trinajstić information content (AvgIpc) is 2.93. The first-order valence-corrected chi connectivity index (χ1v) is 8.67. The van der Waals surface area contributed by atoms with Gasteiger partial charge in [-0.3, -0.25) is 0 Å². The first kappa shape index (κ1) is 16.5. The van der Waals surface area contributed by atoms with Gasteiger partial charge in [-0.05, 0) is 54.8 Å². The Hall–Kier alpha value is -0.860. The van der Waals surface area contributed by atoms with E-state index in [1.54, 1.807) is 0 Å². The van der Waals surface area contributed by atoms with Crippen LogP contribution in [0.4, 0.5) is 0 Å². The van der Waals surface area contributed by atoms with Crippen molar-refractivity contribution >= 4 is 0 Å². The third-order valence-electron chi connectivity index (χ3n) is 4.72. The largest absolute Gasteiger partial charge is 0.376 e. The molecular formula is C19H31NO. The third kappa shape index (κ3) is 3.87. The van der Waals surface area contributed by atoms with Crippen LogP contribution in [0.3, 0.4) is 0 Å². The first-order chi connectivity index (χ1) is 10.2. The van der Waals surface area contributed by atoms with E-state index in [0.29, 0.717) is 18.1 Å². The standard InChI is InChI=1S/C19H31NO/c1-5-11-20-18(19-14(4)10-12-21-19)17-13-15(6-2)8-9-16(17)7-3/h8-9,13-14,18-20H,5-7,10-12H2,1-4H3. The molecule has 1 aliphatic heterocycles. The van der Waals surface area contributed by atoms with E-state index in [2.05, 4.69) is 51.2 Å². The van der Waals surface area contributed by atoms with Crippen molar-refractivity contribution in [3.05, 3.63) is 34.9 Å². The van der Waals surface area contributed by atoms with Gasteiger partial charge in [0.1, 0.15) is 0 Å². The lowest BCUT2D eigenvalue weighted by molar-refractivity contribution is 0.0604. The molecule has 0 aromatic heterocycles. The van der Waals surface area contributed by atoms with Crippen LogP contribution in [0.15, 0.2) is 18.2 Å². The lowest BCUT2D eigenvalue weighted by Gasteiger charge is -2.29. The van der Waals surface area contributed by atoms with Gasteiger partial charge in [-0.15, -0.1) is 0 Å². The highest BCUT2D eigenvalue weighted by Crippen LogP contribution is 2.33. The molecule has 21 heavy (non-hydrogen) atoms. The summed E-state index contributed by atoms with van der Waals surface area (Å²) in [6.07, 6.45) is 4.84. The summed E-state index contributed by atoms with van der Waals surface area (Å²) in [4.78, 5) is 0. The highest BCUT2D eigenvalue weighted by molar-refractivity contribution is 5.35. The topological polar surface area (TPSA) is 21.3 Å². The van der Waals surface area contributed by atoms with E-state index in [1.807, 2.05) is 0 Å². The Morgan fingerprint density at radius 3 is 2.62 bits per heavy atom. The van der Waals surface area contributed by atoms with Gasteiger partial charge in [0.05, 0.1) is 12.1 Å². The molecule has 1 N–H and O–H groups in total. The van der Waals surface area contributed by atoms with Crippen LogP contribution in [0.25, 0.3) is 0 Å². The fourth-order valence-electron chi connectivity index (χ4n) is 3.32. The lowest BCUT2D eigenvalue weighted by Crippen LogP contribution is -2.36. The molecule has 0 amide bonds. The Labute approximate surface area is 130 Å². The van der Waals surface area contributed by atoms with Crippen LogP contribution in [0.2, 0.25) is 0 Å². The Bertz CT molecular complexity index is 443. The molecule has 1 aromatic carbocycles. The van der Waals surface area contributed by atoms with E-state index < -0.39 is 0 Å². The molecule has 0 saturated carbocycles. The molecule has 1 saturated heterocycles. The van der Waals surface area contributed by atoms with Gasteiger partial charge in [0.15, 0.2) is 0 Å². The number of ether oxygens (including phenoxy) is 1. The number of nitrogens with one attached hydrogen (secondary N) is 1. The van der Waals surface area contributed by atoms with E-state index in [9.17, 15) is 0 Å². The molecule has 118 valence electrons. The van der Waals surface area contributed by atoms with Gasteiger partial charge in [-0.25, -0.2) is 0 Å². The number of aryl methyl sites for hydroxylation is 2. The van der Waals surface area contributed by atoms with Gasteiger partial charge >= 0.3 is 0 Å². The first-order valence-electron chi connectivity index (χ1n) is 8.67. The maximum Gasteiger partial charge on any atom is 0.0796 e. The second-order valence-corrected chi connectivity index (χ2v) is 6.27. The van der Waals surface area contributed by atoms with Gasteiger partial charge < -0.3 is 10.1 Å². The number of hydrogen-bond donors (Lipinski definition) is 1. The molecular weight excluding hydrogens is 258 g/mol. The summed E-state index contributed by atoms with van der Waals surface area (Å²) in [5, 5.41) is 3.76. The summed E-state index contributed by atoms with van der Waals surface area (Å²) in [7, 11) is 0. The van der Waals surface area contributed by atoms with Crippen LogP contribution in [0, 0.1) is 5.92 Å². The Morgan fingerprint density at radius 1 is 1.24 bits per heavy atom. The van der Waals surface area contributed by atoms with E-state index >= 15 is 0 Å². The number of rotatable bonds is 7. The van der Waals surface area contributed by atoms with Crippen LogP contribution >= 0.6 is 0 Å². The Balaban J connectivity index is 2.34. The van der Waals surface area contributed by atoms with Crippen molar-refractivity contribution in [3.8, 4) is 0 Å². The van der Waals surface area contributed by atoms with Crippen molar-refractivity contribution in [3.63, 3.8) is 0 Å². The zero-order chi connectivity index (χ0) is 15.2. The molecule has 0 bridgehead atoms. The Kier molecular flexibility index (Phi) is 6.25. The molecule has 2 nitrogen and oxygen atoms in total. The van der Waals surface area contributed by atoms with Gasteiger partial charge in [0.2, 0.25) is 0 Å². The number of benzene rings is 1. The van der Waals surface area contributed by atoms with E-state index in [1.165, 1.54) is 23.1 Å². The monoisotopic (exact) mass is 289 g/mol. The fraction of sp³-hybridized carbons (Fsp3) is 0.684. The predicted molar refractivity (Wildman–Crippen MR) is 89.8 cm³/mol. The molecule has 2 heteroatoms. The van der Waals surface area contributed by atoms with Gasteiger partial charge in [-0.2, -0.15) is 0 Å². The minimum atomic E-state index is 0.314. The molecule has 1 fully saturated rings. The average molecular weight is 289 g/mol. The molecule has 1 aromatic rings. The van der Waals surface area contributed by atoms with E-state index in [-0.39, 0.29) is 0 Å². The molecule has 1 heterocycles. The quantitative estimate of drug-likeness (QED) is 0.809. The van der Waals surface area contributed by atoms with Gasteiger partial charge in [0.25, 0.3) is 0 Å². The van der Waals surface area contributed by atoms with Crippen LogP contribution in [0.5, 0.6) is 0 Å². The van der Waals surface area contributed by atoms with Crippen molar-refractivity contribution in [1.82, 2.24) is 5.32 Å². The normalized spacial score (nSPS) is 23.4. The number of hydrogen-bond acceptors (Lipinski definition) is 2. The minimum Gasteiger partial charge on any atom is -0.376 e. The summed E-state index contributed by atoms with van der Waals surface area (Å²) >= 11 is 0. The fourth-order valence-corrected chi connectivity index (χ4v) is 3.32. The SMILES string of the molecule is CCCNC(c1cc(CC)ccc1CC)C1OCCC1C. The van der Waals surface area contributed by atoms with Gasteiger partial charge in [0, 0.05) is 6.61 Å². The highest BCUT2D eigenvalue weighted by atomic mass is 16.5. The predicted octanol–water partition coefficient (Wildman–Crippen LogP) is 4.28. The van der Waals surface area contributed by atoms with Crippen LogP contribution in [-0.4, -0.2) is 19.3 Å². The summed E-state index contributed by atoms with van der Waals surface area (Å²) in [6.45, 7) is 11.0. The second-order valence-electron chi connectivity index (χ2n) is 6.27. The highest BCUT2D eigenvalue weighted by Gasteiger charge is 2.33. The lowest BCUT2D eigenvalue weighted by atomic mass is 9.87. The Morgan fingerprint density at radius 2 is 2.05 bits per heavy atom. The zero-order valence-corrected chi connectivity index (χ0v) is 14.1. The zero-order valence-electron chi connectivity index (χ0n) is 14.1. The second kappa shape index (κ2) is 7.95. The summed E-state index contributed by atoms with van der Waals surface area (Å²) < 4.78 is 6.09. The van der Waals surface area contributed by atoms with Crippen LogP contribution in [0.1, 0.15) is 63.3 Å². The summed E-state index contributed by atoms with van der Waals surface area (Å²) in [5.41, 5.74) is 4.35. The summed E-state index contributed by atoms with van der Waals surface area (Å²) in [6, 6.07) is 7.33. The molecule has 0 aliphatic carbocycles. The van der Waals surface area contributed by atoms with E-state index in [0.717, 1.165) is 32.4 Å². The van der Waals surface area contributed by atoms with Crippen molar-refractivity contribution in [2.24, 2.45) is 5.92 Å². The third-order valence-corrected chi connectivity index (χ3v) is 4.72.